The maximum atomic E-state index is 13.3. The highest BCUT2D eigenvalue weighted by atomic mass is 16.5. The number of aromatic nitrogens is 3. The summed E-state index contributed by atoms with van der Waals surface area (Å²) in [4.78, 5) is 25.9. The lowest BCUT2D eigenvalue weighted by Gasteiger charge is -2.43. The summed E-state index contributed by atoms with van der Waals surface area (Å²) in [6.45, 7) is 7.88. The molecule has 6 rings (SSSR count). The summed E-state index contributed by atoms with van der Waals surface area (Å²) in [5.74, 6) is 0.966. The van der Waals surface area contributed by atoms with Gasteiger partial charge in [0.25, 0.3) is 5.56 Å². The Morgan fingerprint density at radius 2 is 1.97 bits per heavy atom. The summed E-state index contributed by atoms with van der Waals surface area (Å²) in [7, 11) is 0. The molecule has 162 valence electrons. The molecule has 0 spiro atoms. The van der Waals surface area contributed by atoms with Crippen LogP contribution in [0.5, 0.6) is 0 Å². The first-order valence-corrected chi connectivity index (χ1v) is 11.4. The third-order valence-corrected chi connectivity index (χ3v) is 7.12. The molecule has 7 nitrogen and oxygen atoms in total. The van der Waals surface area contributed by atoms with Crippen LogP contribution in [0.3, 0.4) is 0 Å². The quantitative estimate of drug-likeness (QED) is 0.702. The van der Waals surface area contributed by atoms with Gasteiger partial charge in [-0.1, -0.05) is 6.07 Å². The average molecular weight is 420 g/mol. The van der Waals surface area contributed by atoms with Crippen LogP contribution in [0.25, 0.3) is 11.0 Å². The lowest BCUT2D eigenvalue weighted by molar-refractivity contribution is 0.0338. The van der Waals surface area contributed by atoms with Crippen molar-refractivity contribution in [2.45, 2.75) is 32.0 Å². The Balaban J connectivity index is 1.20. The van der Waals surface area contributed by atoms with E-state index in [1.54, 1.807) is 0 Å². The zero-order chi connectivity index (χ0) is 20.8. The van der Waals surface area contributed by atoms with Crippen molar-refractivity contribution in [1.82, 2.24) is 24.3 Å². The second-order valence-corrected chi connectivity index (χ2v) is 9.34. The van der Waals surface area contributed by atoms with Crippen molar-refractivity contribution < 1.29 is 4.74 Å². The summed E-state index contributed by atoms with van der Waals surface area (Å²) in [5, 5.41) is 1.17. The monoisotopic (exact) mass is 419 g/mol. The van der Waals surface area contributed by atoms with Gasteiger partial charge < -0.3 is 14.3 Å². The number of hydrogen-bond acceptors (Lipinski definition) is 5. The first-order valence-electron chi connectivity index (χ1n) is 11.4. The van der Waals surface area contributed by atoms with Gasteiger partial charge in [-0.15, -0.1) is 0 Å². The van der Waals surface area contributed by atoms with Crippen molar-refractivity contribution in [1.29, 1.82) is 0 Å². The molecule has 3 aliphatic rings. The SMILES string of the molecule is O=c1c(CN2CCOCC2)ccc2n1C[C@H]1C[C@@H]2CN(Cc2cnc3[nH]ccc3c2)C1. The summed E-state index contributed by atoms with van der Waals surface area (Å²) in [6.07, 6.45) is 5.11. The fourth-order valence-corrected chi connectivity index (χ4v) is 5.67. The summed E-state index contributed by atoms with van der Waals surface area (Å²) >= 11 is 0. The Morgan fingerprint density at radius 3 is 2.87 bits per heavy atom. The number of morpholine rings is 1. The zero-order valence-electron chi connectivity index (χ0n) is 17.8. The van der Waals surface area contributed by atoms with Gasteiger partial charge in [-0.25, -0.2) is 4.98 Å². The van der Waals surface area contributed by atoms with Gasteiger partial charge in [0.2, 0.25) is 0 Å². The van der Waals surface area contributed by atoms with E-state index in [1.807, 2.05) is 12.4 Å². The average Bonchev–Trinajstić information content (AvgIpc) is 3.25. The van der Waals surface area contributed by atoms with Gasteiger partial charge in [0, 0.05) is 80.8 Å². The zero-order valence-corrected chi connectivity index (χ0v) is 17.8. The Hall–Kier alpha value is -2.48. The largest absolute Gasteiger partial charge is 0.379 e. The first-order chi connectivity index (χ1) is 15.2. The number of hydrogen-bond donors (Lipinski definition) is 1. The summed E-state index contributed by atoms with van der Waals surface area (Å²) in [6, 6.07) is 8.61. The van der Waals surface area contributed by atoms with E-state index in [0.717, 1.165) is 70.2 Å². The third-order valence-electron chi connectivity index (χ3n) is 7.12. The van der Waals surface area contributed by atoms with Crippen LogP contribution >= 0.6 is 0 Å². The second kappa shape index (κ2) is 7.89. The number of H-pyrrole nitrogens is 1. The minimum atomic E-state index is 0.217. The highest BCUT2D eigenvalue weighted by Gasteiger charge is 2.35. The van der Waals surface area contributed by atoms with Gasteiger partial charge >= 0.3 is 0 Å². The molecule has 6 heterocycles. The van der Waals surface area contributed by atoms with Crippen molar-refractivity contribution in [3.05, 3.63) is 63.8 Å². The minimum absolute atomic E-state index is 0.217. The van der Waals surface area contributed by atoms with Gasteiger partial charge in [-0.3, -0.25) is 14.6 Å². The van der Waals surface area contributed by atoms with Crippen LogP contribution < -0.4 is 5.56 Å². The van der Waals surface area contributed by atoms with Crippen molar-refractivity contribution in [3.63, 3.8) is 0 Å². The molecule has 2 fully saturated rings. The number of likely N-dealkylation sites (tertiary alicyclic amines) is 1. The van der Waals surface area contributed by atoms with Crippen LogP contribution in [-0.2, 0) is 24.4 Å². The molecule has 2 bridgehead atoms. The molecule has 31 heavy (non-hydrogen) atoms. The Kier molecular flexibility index (Phi) is 4.89. The predicted octanol–water partition coefficient (Wildman–Crippen LogP) is 2.18. The molecule has 0 amide bonds. The number of piperidine rings is 1. The van der Waals surface area contributed by atoms with Crippen LogP contribution in [-0.4, -0.2) is 63.7 Å². The van der Waals surface area contributed by atoms with Gasteiger partial charge in [0.15, 0.2) is 0 Å². The summed E-state index contributed by atoms with van der Waals surface area (Å²) in [5.41, 5.74) is 4.56. The lowest BCUT2D eigenvalue weighted by atomic mass is 9.83. The van der Waals surface area contributed by atoms with E-state index in [4.69, 9.17) is 4.74 Å². The van der Waals surface area contributed by atoms with E-state index >= 15 is 0 Å². The van der Waals surface area contributed by atoms with Crippen LogP contribution in [0.15, 0.2) is 41.5 Å². The minimum Gasteiger partial charge on any atom is -0.379 e. The number of pyridine rings is 2. The number of rotatable bonds is 4. The molecule has 0 saturated carbocycles. The maximum absolute atomic E-state index is 13.3. The second-order valence-electron chi connectivity index (χ2n) is 9.34. The Bertz CT molecular complexity index is 1150. The molecule has 3 aromatic heterocycles. The number of nitrogens with zero attached hydrogens (tertiary/aromatic N) is 4. The fourth-order valence-electron chi connectivity index (χ4n) is 5.67. The molecule has 0 unspecified atom stereocenters. The topological polar surface area (TPSA) is 66.4 Å². The number of nitrogens with one attached hydrogen (secondary N) is 1. The number of ether oxygens (including phenoxy) is 1. The van der Waals surface area contributed by atoms with Crippen molar-refractivity contribution in [3.8, 4) is 0 Å². The normalized spacial score (nSPS) is 24.4. The molecule has 2 atom stereocenters. The molecule has 0 aliphatic carbocycles. The van der Waals surface area contributed by atoms with Gasteiger partial charge in [-0.2, -0.15) is 0 Å². The highest BCUT2D eigenvalue weighted by molar-refractivity contribution is 5.75. The number of aromatic amines is 1. The molecule has 3 aromatic rings. The molecule has 2 saturated heterocycles. The van der Waals surface area contributed by atoms with Crippen molar-refractivity contribution >= 4 is 11.0 Å². The van der Waals surface area contributed by atoms with Crippen LogP contribution in [0.4, 0.5) is 0 Å². The van der Waals surface area contributed by atoms with E-state index in [1.165, 1.54) is 23.1 Å². The van der Waals surface area contributed by atoms with E-state index in [2.05, 4.69) is 48.6 Å². The molecule has 0 radical (unpaired) electrons. The van der Waals surface area contributed by atoms with E-state index in [-0.39, 0.29) is 5.56 Å². The lowest BCUT2D eigenvalue weighted by Crippen LogP contribution is -2.47. The van der Waals surface area contributed by atoms with Gasteiger partial charge in [0.1, 0.15) is 5.65 Å². The first kappa shape index (κ1) is 19.2. The van der Waals surface area contributed by atoms with Crippen LogP contribution in [0.2, 0.25) is 0 Å². The van der Waals surface area contributed by atoms with E-state index in [0.29, 0.717) is 11.8 Å². The molecular formula is C24H29N5O2. The van der Waals surface area contributed by atoms with Gasteiger partial charge in [0.05, 0.1) is 13.2 Å². The maximum Gasteiger partial charge on any atom is 0.255 e. The molecule has 7 heteroatoms. The van der Waals surface area contributed by atoms with Crippen molar-refractivity contribution in [2.75, 3.05) is 39.4 Å². The smallest absolute Gasteiger partial charge is 0.255 e. The summed E-state index contributed by atoms with van der Waals surface area (Å²) < 4.78 is 7.53. The molecular weight excluding hydrogens is 390 g/mol. The number of fused-ring (bicyclic) bond motifs is 5. The van der Waals surface area contributed by atoms with Crippen LogP contribution in [0, 0.1) is 5.92 Å². The molecule has 1 N–H and O–H groups in total. The Morgan fingerprint density at radius 1 is 1.06 bits per heavy atom. The van der Waals surface area contributed by atoms with Gasteiger partial charge in [-0.05, 0) is 36.1 Å². The van der Waals surface area contributed by atoms with Crippen LogP contribution in [0.1, 0.15) is 29.2 Å². The Labute approximate surface area is 181 Å². The fraction of sp³-hybridized carbons (Fsp3) is 0.500. The molecule has 0 aromatic carbocycles. The standard InChI is InChI=1S/C24H29N5O2/c30-24-20(15-27-5-7-31-8-6-27)1-2-22-21-10-18(14-29(22)24)13-28(16-21)12-17-9-19-3-4-25-23(19)26-11-17/h1-4,9,11,18,21H,5-8,10,12-16H2,(H,25,26)/t18-,21+/m0/s1. The highest BCUT2D eigenvalue weighted by Crippen LogP contribution is 2.35. The molecule has 3 aliphatic heterocycles. The third kappa shape index (κ3) is 3.71. The predicted molar refractivity (Wildman–Crippen MR) is 119 cm³/mol. The van der Waals surface area contributed by atoms with E-state index < -0.39 is 0 Å². The van der Waals surface area contributed by atoms with E-state index in [9.17, 15) is 4.79 Å². The van der Waals surface area contributed by atoms with Crippen molar-refractivity contribution in [2.24, 2.45) is 5.92 Å².